The van der Waals surface area contributed by atoms with Gasteiger partial charge in [0.1, 0.15) is 15.9 Å². The lowest BCUT2D eigenvalue weighted by Crippen LogP contribution is -2.44. The highest BCUT2D eigenvalue weighted by molar-refractivity contribution is 7.13. The van der Waals surface area contributed by atoms with E-state index in [4.69, 9.17) is 5.11 Å². The van der Waals surface area contributed by atoms with E-state index in [2.05, 4.69) is 20.4 Å². The molecular weight excluding hydrogens is 286 g/mol. The number of amides is 2. The average Bonchev–Trinajstić information content (AvgIpc) is 2.76. The van der Waals surface area contributed by atoms with E-state index in [1.807, 2.05) is 0 Å². The molecule has 0 bridgehead atoms. The van der Waals surface area contributed by atoms with Gasteiger partial charge in [-0.05, 0) is 13.8 Å². The third-order valence-corrected chi connectivity index (χ3v) is 3.48. The van der Waals surface area contributed by atoms with Crippen LogP contribution in [0.4, 0.5) is 4.79 Å². The second kappa shape index (κ2) is 6.85. The molecule has 0 aliphatic heterocycles. The van der Waals surface area contributed by atoms with Gasteiger partial charge in [-0.25, -0.2) is 19.4 Å². The van der Waals surface area contributed by atoms with Gasteiger partial charge in [-0.3, -0.25) is 0 Å². The van der Waals surface area contributed by atoms with Crippen LogP contribution in [0, 0.1) is 6.92 Å². The fourth-order valence-corrected chi connectivity index (χ4v) is 2.21. The van der Waals surface area contributed by atoms with E-state index in [-0.39, 0.29) is 11.4 Å². The molecule has 8 nitrogen and oxygen atoms in total. The maximum absolute atomic E-state index is 11.5. The lowest BCUT2D eigenvalue weighted by molar-refractivity contribution is -0.142. The molecule has 1 rings (SSSR count). The first-order valence-corrected chi connectivity index (χ1v) is 6.48. The van der Waals surface area contributed by atoms with Crippen LogP contribution >= 0.6 is 11.3 Å². The molecular formula is C11H15N3O5S. The zero-order valence-corrected chi connectivity index (χ0v) is 12.0. The van der Waals surface area contributed by atoms with Crippen molar-refractivity contribution in [3.05, 3.63) is 15.6 Å². The Hall–Kier alpha value is -2.16. The molecule has 0 saturated carbocycles. The monoisotopic (exact) mass is 301 g/mol. The predicted molar refractivity (Wildman–Crippen MR) is 70.7 cm³/mol. The molecule has 3 N–H and O–H groups in total. The molecule has 110 valence electrons. The maximum Gasteiger partial charge on any atom is 0.347 e. The molecule has 0 aromatic carbocycles. The van der Waals surface area contributed by atoms with Crippen LogP contribution in [-0.2, 0) is 16.1 Å². The van der Waals surface area contributed by atoms with Crippen LogP contribution in [0.15, 0.2) is 0 Å². The summed E-state index contributed by atoms with van der Waals surface area (Å²) in [5.74, 6) is -1.60. The van der Waals surface area contributed by atoms with Gasteiger partial charge in [-0.2, -0.15) is 0 Å². The SMILES string of the molecule is COC(=O)C(C)NC(=O)NCc1nc(C)c(C(=O)O)s1. The van der Waals surface area contributed by atoms with Crippen molar-refractivity contribution in [3.8, 4) is 0 Å². The molecule has 0 spiro atoms. The van der Waals surface area contributed by atoms with Crippen LogP contribution in [0.3, 0.4) is 0 Å². The van der Waals surface area contributed by atoms with E-state index in [1.54, 1.807) is 6.92 Å². The number of aromatic carboxylic acids is 1. The van der Waals surface area contributed by atoms with Crippen LogP contribution in [0.5, 0.6) is 0 Å². The number of methoxy groups -OCH3 is 1. The van der Waals surface area contributed by atoms with Crippen LogP contribution < -0.4 is 10.6 Å². The highest BCUT2D eigenvalue weighted by atomic mass is 32.1. The summed E-state index contributed by atoms with van der Waals surface area (Å²) in [5, 5.41) is 14.2. The first-order chi connectivity index (χ1) is 9.35. The fourth-order valence-electron chi connectivity index (χ4n) is 1.37. The largest absolute Gasteiger partial charge is 0.477 e. The van der Waals surface area contributed by atoms with E-state index in [0.29, 0.717) is 10.7 Å². The lowest BCUT2D eigenvalue weighted by Gasteiger charge is -2.11. The Balaban J connectivity index is 2.51. The summed E-state index contributed by atoms with van der Waals surface area (Å²) in [6.45, 7) is 3.16. The number of nitrogens with zero attached hydrogens (tertiary/aromatic N) is 1. The smallest absolute Gasteiger partial charge is 0.347 e. The van der Waals surface area contributed by atoms with Gasteiger partial charge < -0.3 is 20.5 Å². The summed E-state index contributed by atoms with van der Waals surface area (Å²) < 4.78 is 4.46. The topological polar surface area (TPSA) is 118 Å². The number of rotatable bonds is 5. The van der Waals surface area contributed by atoms with Crippen LogP contribution in [-0.4, -0.2) is 41.2 Å². The number of thiazole rings is 1. The molecule has 0 fully saturated rings. The van der Waals surface area contributed by atoms with Gasteiger partial charge >= 0.3 is 18.0 Å². The van der Waals surface area contributed by atoms with Gasteiger partial charge in [0.05, 0.1) is 19.3 Å². The zero-order valence-electron chi connectivity index (χ0n) is 11.2. The second-order valence-corrected chi connectivity index (χ2v) is 4.98. The number of hydrogen-bond acceptors (Lipinski definition) is 6. The van der Waals surface area contributed by atoms with Crippen molar-refractivity contribution >= 4 is 29.3 Å². The van der Waals surface area contributed by atoms with E-state index in [0.717, 1.165) is 11.3 Å². The minimum absolute atomic E-state index is 0.0819. The summed E-state index contributed by atoms with van der Waals surface area (Å²) >= 11 is 0.994. The molecule has 0 aliphatic rings. The fraction of sp³-hybridized carbons (Fsp3) is 0.455. The Morgan fingerprint density at radius 2 is 2.10 bits per heavy atom. The van der Waals surface area contributed by atoms with Gasteiger partial charge in [0.2, 0.25) is 0 Å². The third kappa shape index (κ3) is 4.19. The summed E-state index contributed by atoms with van der Waals surface area (Å²) in [5.41, 5.74) is 0.405. The minimum Gasteiger partial charge on any atom is -0.477 e. The van der Waals surface area contributed by atoms with Gasteiger partial charge in [-0.1, -0.05) is 0 Å². The molecule has 2 amide bonds. The van der Waals surface area contributed by atoms with Crippen LogP contribution in [0.1, 0.15) is 27.3 Å². The van der Waals surface area contributed by atoms with E-state index >= 15 is 0 Å². The zero-order chi connectivity index (χ0) is 15.3. The molecule has 0 radical (unpaired) electrons. The van der Waals surface area contributed by atoms with Gasteiger partial charge in [0.15, 0.2) is 0 Å². The Morgan fingerprint density at radius 1 is 1.45 bits per heavy atom. The van der Waals surface area contributed by atoms with Crippen molar-refractivity contribution in [2.45, 2.75) is 26.4 Å². The number of carboxylic acids is 1. The van der Waals surface area contributed by atoms with Crippen molar-refractivity contribution in [2.75, 3.05) is 7.11 Å². The number of carbonyl (C=O) groups excluding carboxylic acids is 2. The van der Waals surface area contributed by atoms with Gasteiger partial charge in [0, 0.05) is 0 Å². The number of carbonyl (C=O) groups is 3. The molecule has 0 saturated heterocycles. The molecule has 1 aromatic rings. The number of aromatic nitrogens is 1. The molecule has 20 heavy (non-hydrogen) atoms. The summed E-state index contributed by atoms with van der Waals surface area (Å²) in [4.78, 5) is 37.6. The van der Waals surface area contributed by atoms with E-state index < -0.39 is 24.0 Å². The normalized spacial score (nSPS) is 11.6. The first-order valence-electron chi connectivity index (χ1n) is 5.67. The first kappa shape index (κ1) is 15.9. The highest BCUT2D eigenvalue weighted by Gasteiger charge is 2.17. The van der Waals surface area contributed by atoms with Crippen LogP contribution in [0.25, 0.3) is 0 Å². The summed E-state index contributed by atoms with van der Waals surface area (Å²) in [6.07, 6.45) is 0. The van der Waals surface area contributed by atoms with Gasteiger partial charge in [-0.15, -0.1) is 11.3 Å². The predicted octanol–water partition coefficient (Wildman–Crippen LogP) is 0.510. The Bertz CT molecular complexity index is 528. The standard InChI is InChI=1S/C11H15N3O5S/c1-5-8(9(15)16)20-7(13-5)4-12-11(18)14-6(2)10(17)19-3/h6H,4H2,1-3H3,(H,15,16)(H2,12,14,18). The van der Waals surface area contributed by atoms with Crippen molar-refractivity contribution < 1.29 is 24.2 Å². The van der Waals surface area contributed by atoms with E-state index in [9.17, 15) is 14.4 Å². The number of nitrogens with one attached hydrogen (secondary N) is 2. The summed E-state index contributed by atoms with van der Waals surface area (Å²) in [7, 11) is 1.23. The number of aryl methyl sites for hydroxylation is 1. The molecule has 1 unspecified atom stereocenters. The second-order valence-electron chi connectivity index (χ2n) is 3.90. The number of ether oxygens (including phenoxy) is 1. The van der Waals surface area contributed by atoms with Crippen LogP contribution in [0.2, 0.25) is 0 Å². The number of carboxylic acid groups (broad SMARTS) is 1. The van der Waals surface area contributed by atoms with Crippen molar-refractivity contribution in [2.24, 2.45) is 0 Å². The maximum atomic E-state index is 11.5. The molecule has 0 aliphatic carbocycles. The van der Waals surface area contributed by atoms with E-state index in [1.165, 1.54) is 14.0 Å². The average molecular weight is 301 g/mol. The number of hydrogen-bond donors (Lipinski definition) is 3. The molecule has 1 aromatic heterocycles. The third-order valence-electron chi connectivity index (χ3n) is 2.34. The number of urea groups is 1. The Kier molecular flexibility index (Phi) is 5.44. The van der Waals surface area contributed by atoms with Gasteiger partial charge in [0.25, 0.3) is 0 Å². The van der Waals surface area contributed by atoms with Crippen molar-refractivity contribution in [1.82, 2.24) is 15.6 Å². The Labute approximate surface area is 119 Å². The molecule has 1 atom stereocenters. The molecule has 9 heteroatoms. The van der Waals surface area contributed by atoms with Crippen molar-refractivity contribution in [3.63, 3.8) is 0 Å². The number of esters is 1. The lowest BCUT2D eigenvalue weighted by atomic mass is 10.3. The quantitative estimate of drug-likeness (QED) is 0.682. The molecule has 1 heterocycles. The van der Waals surface area contributed by atoms with Crippen molar-refractivity contribution in [1.29, 1.82) is 0 Å². The minimum atomic E-state index is -1.05. The summed E-state index contributed by atoms with van der Waals surface area (Å²) in [6, 6.07) is -1.33. The Morgan fingerprint density at radius 3 is 2.60 bits per heavy atom. The highest BCUT2D eigenvalue weighted by Crippen LogP contribution is 2.17.